The number of hydrogen-bond donors (Lipinski definition) is 2. The summed E-state index contributed by atoms with van der Waals surface area (Å²) in [5.41, 5.74) is 0.359. The lowest BCUT2D eigenvalue weighted by atomic mass is 9.92. The van der Waals surface area contributed by atoms with Crippen LogP contribution in [0.5, 0.6) is 0 Å². The van der Waals surface area contributed by atoms with Gasteiger partial charge in [-0.05, 0) is 24.0 Å². The molecule has 4 amide bonds. The molecule has 2 aliphatic heterocycles. The summed E-state index contributed by atoms with van der Waals surface area (Å²) in [6.45, 7) is 0.0499. The molecule has 1 atom stereocenters. The van der Waals surface area contributed by atoms with Gasteiger partial charge in [-0.2, -0.15) is 10.2 Å². The van der Waals surface area contributed by atoms with E-state index >= 15 is 0 Å². The number of hydrogen-bond acceptors (Lipinski definition) is 5. The van der Waals surface area contributed by atoms with Gasteiger partial charge in [-0.1, -0.05) is 24.3 Å². The van der Waals surface area contributed by atoms with Crippen molar-refractivity contribution in [3.05, 3.63) is 35.4 Å². The number of nitrogens with one attached hydrogen (secondary N) is 2. The lowest BCUT2D eigenvalue weighted by Crippen LogP contribution is -2.44. The zero-order valence-corrected chi connectivity index (χ0v) is 15.4. The maximum Gasteiger partial charge on any atom is 0.325 e. The molecule has 8 nitrogen and oxygen atoms in total. The molecular formula is C20H21N5O3. The lowest BCUT2D eigenvalue weighted by Gasteiger charge is -2.22. The number of rotatable bonds is 7. The fraction of sp³-hybridized carbons (Fsp3) is 0.450. The van der Waals surface area contributed by atoms with Crippen molar-refractivity contribution in [3.63, 3.8) is 0 Å². The standard InChI is InChI=1S/C20H21N5O3/c1-2-3-9-19(23-24-19)11-12-21-16(26)13-25-17(27)20(22-18(25)28)10-8-14-6-4-5-7-15(14)20/h1,4-7H,3,8-13H2,(H,21,26)(H,22,28). The Labute approximate surface area is 162 Å². The number of nitrogens with zero attached hydrogens (tertiary/aromatic N) is 3. The van der Waals surface area contributed by atoms with Crippen molar-refractivity contribution in [1.82, 2.24) is 15.5 Å². The summed E-state index contributed by atoms with van der Waals surface area (Å²) in [5.74, 6) is 1.80. The molecule has 1 spiro atoms. The average Bonchev–Trinajstić information content (AvgIpc) is 3.31. The average molecular weight is 379 g/mol. The molecule has 0 radical (unpaired) electrons. The van der Waals surface area contributed by atoms with Crippen LogP contribution in [0.15, 0.2) is 34.5 Å². The molecule has 1 fully saturated rings. The maximum absolute atomic E-state index is 13.0. The summed E-state index contributed by atoms with van der Waals surface area (Å²) in [6.07, 6.45) is 8.28. The van der Waals surface area contributed by atoms with Crippen molar-refractivity contribution in [2.75, 3.05) is 13.1 Å². The van der Waals surface area contributed by atoms with Gasteiger partial charge in [0.1, 0.15) is 12.1 Å². The van der Waals surface area contributed by atoms with E-state index in [9.17, 15) is 14.4 Å². The number of carbonyl (C=O) groups is 3. The van der Waals surface area contributed by atoms with E-state index < -0.39 is 17.2 Å². The molecule has 0 aromatic heterocycles. The van der Waals surface area contributed by atoms with E-state index in [0.717, 1.165) is 22.4 Å². The Kier molecular flexibility index (Phi) is 4.38. The van der Waals surface area contributed by atoms with E-state index in [1.165, 1.54) is 0 Å². The van der Waals surface area contributed by atoms with Crippen molar-refractivity contribution in [1.29, 1.82) is 0 Å². The summed E-state index contributed by atoms with van der Waals surface area (Å²) < 4.78 is 0. The van der Waals surface area contributed by atoms with Gasteiger partial charge in [0.2, 0.25) is 5.91 Å². The van der Waals surface area contributed by atoms with Gasteiger partial charge in [-0.15, -0.1) is 12.3 Å². The van der Waals surface area contributed by atoms with Gasteiger partial charge in [0.25, 0.3) is 5.91 Å². The second-order valence-corrected chi connectivity index (χ2v) is 7.37. The molecule has 1 saturated heterocycles. The molecule has 1 unspecified atom stereocenters. The van der Waals surface area contributed by atoms with Gasteiger partial charge in [0.15, 0.2) is 5.66 Å². The highest BCUT2D eigenvalue weighted by atomic mass is 16.2. The Balaban J connectivity index is 1.34. The fourth-order valence-electron chi connectivity index (χ4n) is 4.00. The van der Waals surface area contributed by atoms with Crippen LogP contribution in [0.2, 0.25) is 0 Å². The number of aryl methyl sites for hydroxylation is 1. The molecule has 2 heterocycles. The summed E-state index contributed by atoms with van der Waals surface area (Å²) in [6, 6.07) is 7.06. The first-order chi connectivity index (χ1) is 13.5. The third kappa shape index (κ3) is 3.03. The molecular weight excluding hydrogens is 358 g/mol. The van der Waals surface area contributed by atoms with E-state index in [4.69, 9.17) is 6.42 Å². The van der Waals surface area contributed by atoms with Crippen LogP contribution in [-0.2, 0) is 21.5 Å². The minimum Gasteiger partial charge on any atom is -0.354 e. The number of benzene rings is 1. The summed E-state index contributed by atoms with van der Waals surface area (Å²) in [5, 5.41) is 13.6. The molecule has 8 heteroatoms. The number of fused-ring (bicyclic) bond motifs is 2. The number of urea groups is 1. The number of amides is 4. The molecule has 4 rings (SSSR count). The second kappa shape index (κ2) is 6.75. The predicted molar refractivity (Wildman–Crippen MR) is 100.0 cm³/mol. The Morgan fingerprint density at radius 3 is 2.82 bits per heavy atom. The molecule has 0 saturated carbocycles. The molecule has 1 aliphatic carbocycles. The highest BCUT2D eigenvalue weighted by Gasteiger charge is 2.55. The second-order valence-electron chi connectivity index (χ2n) is 7.37. The first-order valence-corrected chi connectivity index (χ1v) is 9.36. The summed E-state index contributed by atoms with van der Waals surface area (Å²) in [7, 11) is 0. The number of imide groups is 1. The fourth-order valence-corrected chi connectivity index (χ4v) is 4.00. The van der Waals surface area contributed by atoms with Gasteiger partial charge in [0.05, 0.1) is 0 Å². The Morgan fingerprint density at radius 2 is 2.07 bits per heavy atom. The third-order valence-corrected chi connectivity index (χ3v) is 5.62. The first kappa shape index (κ1) is 18.2. The molecule has 0 bridgehead atoms. The van der Waals surface area contributed by atoms with Crippen molar-refractivity contribution in [2.24, 2.45) is 10.2 Å². The predicted octanol–water partition coefficient (Wildman–Crippen LogP) is 1.46. The monoisotopic (exact) mass is 379 g/mol. The Morgan fingerprint density at radius 1 is 1.29 bits per heavy atom. The minimum absolute atomic E-state index is 0.305. The van der Waals surface area contributed by atoms with Crippen LogP contribution in [0.4, 0.5) is 4.79 Å². The summed E-state index contributed by atoms with van der Waals surface area (Å²) >= 11 is 0. The molecule has 3 aliphatic rings. The number of carbonyl (C=O) groups excluding carboxylic acids is 3. The minimum atomic E-state index is -1.04. The van der Waals surface area contributed by atoms with Gasteiger partial charge in [0, 0.05) is 25.8 Å². The van der Waals surface area contributed by atoms with E-state index in [2.05, 4.69) is 26.8 Å². The van der Waals surface area contributed by atoms with E-state index in [-0.39, 0.29) is 18.4 Å². The highest BCUT2D eigenvalue weighted by Crippen LogP contribution is 2.41. The topological polar surface area (TPSA) is 103 Å². The van der Waals surface area contributed by atoms with Crippen molar-refractivity contribution >= 4 is 17.8 Å². The van der Waals surface area contributed by atoms with Crippen LogP contribution in [0.3, 0.4) is 0 Å². The maximum atomic E-state index is 13.0. The van der Waals surface area contributed by atoms with Crippen LogP contribution in [0.25, 0.3) is 0 Å². The quantitative estimate of drug-likeness (QED) is 0.554. The first-order valence-electron chi connectivity index (χ1n) is 9.36. The number of terminal acetylenes is 1. The van der Waals surface area contributed by atoms with Gasteiger partial charge < -0.3 is 10.6 Å². The van der Waals surface area contributed by atoms with E-state index in [0.29, 0.717) is 32.2 Å². The zero-order chi connectivity index (χ0) is 19.8. The van der Waals surface area contributed by atoms with E-state index in [1.54, 1.807) is 0 Å². The molecule has 2 N–H and O–H groups in total. The molecule has 1 aromatic carbocycles. The van der Waals surface area contributed by atoms with Crippen molar-refractivity contribution < 1.29 is 14.4 Å². The van der Waals surface area contributed by atoms with Crippen molar-refractivity contribution in [2.45, 2.75) is 43.3 Å². The van der Waals surface area contributed by atoms with Gasteiger partial charge in [-0.3, -0.25) is 14.5 Å². The van der Waals surface area contributed by atoms with Crippen LogP contribution in [0, 0.1) is 12.3 Å². The van der Waals surface area contributed by atoms with Crippen LogP contribution < -0.4 is 10.6 Å². The van der Waals surface area contributed by atoms with Gasteiger partial charge in [-0.25, -0.2) is 4.79 Å². The largest absolute Gasteiger partial charge is 0.354 e. The van der Waals surface area contributed by atoms with E-state index in [1.807, 2.05) is 24.3 Å². The molecule has 1 aromatic rings. The zero-order valence-electron chi connectivity index (χ0n) is 15.4. The summed E-state index contributed by atoms with van der Waals surface area (Å²) in [4.78, 5) is 38.7. The Hall–Kier alpha value is -3.21. The van der Waals surface area contributed by atoms with Crippen LogP contribution in [0.1, 0.15) is 36.8 Å². The van der Waals surface area contributed by atoms with Crippen molar-refractivity contribution in [3.8, 4) is 12.3 Å². The highest BCUT2D eigenvalue weighted by molar-refractivity contribution is 6.09. The Bertz CT molecular complexity index is 913. The van der Waals surface area contributed by atoms with Crippen LogP contribution in [-0.4, -0.2) is 41.5 Å². The van der Waals surface area contributed by atoms with Gasteiger partial charge >= 0.3 is 6.03 Å². The molecule has 144 valence electrons. The third-order valence-electron chi connectivity index (χ3n) is 5.62. The SMILES string of the molecule is C#CCCC1(CCNC(=O)CN2C(=O)NC3(CCc4ccccc43)C2=O)N=N1. The van der Waals surface area contributed by atoms with Crippen LogP contribution >= 0.6 is 0 Å². The molecule has 28 heavy (non-hydrogen) atoms. The lowest BCUT2D eigenvalue weighted by molar-refractivity contribution is -0.135. The smallest absolute Gasteiger partial charge is 0.325 e. The normalized spacial score (nSPS) is 23.5.